The Hall–Kier alpha value is -1.88. The average Bonchev–Trinajstić information content (AvgIpc) is 2.78. The van der Waals surface area contributed by atoms with Crippen LogP contribution in [0.25, 0.3) is 10.1 Å². The maximum absolute atomic E-state index is 11.6. The van der Waals surface area contributed by atoms with E-state index in [2.05, 4.69) is 0 Å². The predicted molar refractivity (Wildman–Crippen MR) is 74.5 cm³/mol. The van der Waals surface area contributed by atoms with E-state index in [-0.39, 0.29) is 11.9 Å². The zero-order valence-electron chi connectivity index (χ0n) is 11.0. The molecule has 0 bridgehead atoms. The lowest BCUT2D eigenvalue weighted by molar-refractivity contribution is -0.203. The molecule has 1 amide bonds. The lowest BCUT2D eigenvalue weighted by atomic mass is 10.2. The van der Waals surface area contributed by atoms with Crippen molar-refractivity contribution in [1.29, 1.82) is 0 Å². The monoisotopic (exact) mass is 277 g/mol. The van der Waals surface area contributed by atoms with Crippen LogP contribution in [0.2, 0.25) is 0 Å². The first kappa shape index (κ1) is 13.5. The molecule has 1 aromatic carbocycles. The van der Waals surface area contributed by atoms with Crippen LogP contribution in [0.15, 0.2) is 30.3 Å². The van der Waals surface area contributed by atoms with Crippen molar-refractivity contribution < 1.29 is 14.4 Å². The molecule has 1 atom stereocenters. The summed E-state index contributed by atoms with van der Waals surface area (Å²) in [5, 5.41) is 2.24. The number of hydrogen-bond donors (Lipinski definition) is 0. The molecule has 0 spiro atoms. The summed E-state index contributed by atoms with van der Waals surface area (Å²) in [6.45, 7) is 4.51. The molecule has 1 aromatic heterocycles. The van der Waals surface area contributed by atoms with Gasteiger partial charge in [-0.25, -0.2) is 0 Å². The topological polar surface area (TPSA) is 46.6 Å². The molecular weight excluding hydrogens is 262 g/mol. The zero-order valence-corrected chi connectivity index (χ0v) is 11.9. The molecule has 100 valence electrons. The molecule has 2 rings (SSSR count). The maximum Gasteiger partial charge on any atom is 0.329 e. The van der Waals surface area contributed by atoms with Crippen molar-refractivity contribution in [3.05, 3.63) is 35.2 Å². The summed E-state index contributed by atoms with van der Waals surface area (Å²) in [5.41, 5.74) is 0. The zero-order chi connectivity index (χ0) is 14.0. The second-order valence-corrected chi connectivity index (χ2v) is 5.41. The fourth-order valence-electron chi connectivity index (χ4n) is 1.88. The summed E-state index contributed by atoms with van der Waals surface area (Å²) in [7, 11) is 0. The molecule has 0 aliphatic heterocycles. The number of hydrogen-bond acceptors (Lipinski definition) is 4. The van der Waals surface area contributed by atoms with Crippen LogP contribution in [0.1, 0.15) is 31.7 Å². The number of thiophene rings is 1. The summed E-state index contributed by atoms with van der Waals surface area (Å²) in [4.78, 5) is 28.6. The van der Waals surface area contributed by atoms with Crippen LogP contribution in [0.4, 0.5) is 0 Å². The van der Waals surface area contributed by atoms with Gasteiger partial charge in [-0.1, -0.05) is 18.2 Å². The number of amides is 1. The van der Waals surface area contributed by atoms with Gasteiger partial charge in [0.2, 0.25) is 0 Å². The Labute approximate surface area is 115 Å². The van der Waals surface area contributed by atoms with Crippen molar-refractivity contribution in [2.45, 2.75) is 26.8 Å². The van der Waals surface area contributed by atoms with Crippen LogP contribution in [-0.4, -0.2) is 16.9 Å². The first-order chi connectivity index (χ1) is 8.99. The second-order valence-electron chi connectivity index (χ2n) is 4.29. The van der Waals surface area contributed by atoms with Crippen LogP contribution in [-0.2, 0) is 14.4 Å². The highest BCUT2D eigenvalue weighted by molar-refractivity contribution is 7.19. The molecule has 19 heavy (non-hydrogen) atoms. The number of carbonyl (C=O) groups excluding carboxylic acids is 2. The Bertz CT molecular complexity index is 587. The minimum absolute atomic E-state index is 0.292. The fraction of sp³-hybridized carbons (Fsp3) is 0.286. The maximum atomic E-state index is 11.6. The van der Waals surface area contributed by atoms with Gasteiger partial charge < -0.3 is 4.84 Å². The average molecular weight is 277 g/mol. The largest absolute Gasteiger partial charge is 0.338 e. The fourth-order valence-corrected chi connectivity index (χ4v) is 2.98. The van der Waals surface area contributed by atoms with Crippen LogP contribution in [0.5, 0.6) is 0 Å². The van der Waals surface area contributed by atoms with E-state index in [0.717, 1.165) is 20.0 Å². The van der Waals surface area contributed by atoms with Gasteiger partial charge in [0.1, 0.15) is 6.04 Å². The number of fused-ring (bicyclic) bond motifs is 1. The lowest BCUT2D eigenvalue weighted by Crippen LogP contribution is -2.33. The Morgan fingerprint density at radius 3 is 2.53 bits per heavy atom. The van der Waals surface area contributed by atoms with E-state index in [1.165, 1.54) is 13.8 Å². The molecule has 0 saturated carbocycles. The van der Waals surface area contributed by atoms with E-state index >= 15 is 0 Å². The molecule has 2 aromatic rings. The second kappa shape index (κ2) is 5.40. The normalized spacial score (nSPS) is 12.2. The van der Waals surface area contributed by atoms with Crippen molar-refractivity contribution in [2.75, 3.05) is 0 Å². The van der Waals surface area contributed by atoms with Gasteiger partial charge in [-0.15, -0.1) is 11.3 Å². The van der Waals surface area contributed by atoms with Gasteiger partial charge in [0.15, 0.2) is 0 Å². The summed E-state index contributed by atoms with van der Waals surface area (Å²) < 4.78 is 1.15. The van der Waals surface area contributed by atoms with Gasteiger partial charge in [0, 0.05) is 23.4 Å². The number of carbonyl (C=O) groups is 2. The number of hydroxylamine groups is 2. The quantitative estimate of drug-likeness (QED) is 0.791. The first-order valence-electron chi connectivity index (χ1n) is 5.96. The summed E-state index contributed by atoms with van der Waals surface area (Å²) in [6, 6.07) is 9.72. The molecule has 4 nitrogen and oxygen atoms in total. The highest BCUT2D eigenvalue weighted by Crippen LogP contribution is 2.32. The smallest absolute Gasteiger partial charge is 0.329 e. The van der Waals surface area contributed by atoms with Crippen LogP contribution >= 0.6 is 11.3 Å². The number of nitrogens with zero attached hydrogens (tertiary/aromatic N) is 1. The SMILES string of the molecule is CC(=O)ON(C(C)=O)C(C)c1cc2ccccc2s1. The van der Waals surface area contributed by atoms with Crippen molar-refractivity contribution in [1.82, 2.24) is 5.06 Å². The molecule has 0 fully saturated rings. The Morgan fingerprint density at radius 2 is 1.95 bits per heavy atom. The number of benzene rings is 1. The van der Waals surface area contributed by atoms with E-state index in [4.69, 9.17) is 4.84 Å². The Balaban J connectivity index is 2.32. The van der Waals surface area contributed by atoms with Crippen LogP contribution in [0, 0.1) is 0 Å². The Morgan fingerprint density at radius 1 is 1.26 bits per heavy atom. The molecular formula is C14H15NO3S. The van der Waals surface area contributed by atoms with E-state index in [1.54, 1.807) is 11.3 Å². The predicted octanol–water partition coefficient (Wildman–Crippen LogP) is 3.29. The van der Waals surface area contributed by atoms with Crippen molar-refractivity contribution in [3.8, 4) is 0 Å². The third kappa shape index (κ3) is 2.93. The highest BCUT2D eigenvalue weighted by atomic mass is 32.1. The minimum atomic E-state index is -0.497. The molecule has 0 N–H and O–H groups in total. The molecule has 1 unspecified atom stereocenters. The summed E-state index contributed by atoms with van der Waals surface area (Å²) >= 11 is 1.59. The molecule has 0 saturated heterocycles. The third-order valence-electron chi connectivity index (χ3n) is 2.75. The molecule has 0 radical (unpaired) electrons. The van der Waals surface area contributed by atoms with E-state index in [1.807, 2.05) is 37.3 Å². The van der Waals surface area contributed by atoms with Crippen molar-refractivity contribution >= 4 is 33.3 Å². The highest BCUT2D eigenvalue weighted by Gasteiger charge is 2.23. The van der Waals surface area contributed by atoms with Gasteiger partial charge in [-0.3, -0.25) is 9.59 Å². The molecule has 1 heterocycles. The minimum Gasteiger partial charge on any atom is -0.338 e. The Kier molecular flexibility index (Phi) is 3.85. The molecule has 0 aliphatic carbocycles. The van der Waals surface area contributed by atoms with E-state index in [9.17, 15) is 9.59 Å². The third-order valence-corrected chi connectivity index (χ3v) is 4.03. The number of rotatable bonds is 2. The summed E-state index contributed by atoms with van der Waals surface area (Å²) in [5.74, 6) is -0.789. The van der Waals surface area contributed by atoms with Gasteiger partial charge in [-0.05, 0) is 24.4 Å². The molecule has 0 aliphatic rings. The summed E-state index contributed by atoms with van der Waals surface area (Å²) in [6.07, 6.45) is 0. The van der Waals surface area contributed by atoms with Crippen LogP contribution < -0.4 is 0 Å². The molecule has 5 heteroatoms. The first-order valence-corrected chi connectivity index (χ1v) is 6.77. The van der Waals surface area contributed by atoms with Crippen molar-refractivity contribution in [2.24, 2.45) is 0 Å². The lowest BCUT2D eigenvalue weighted by Gasteiger charge is -2.24. The van der Waals surface area contributed by atoms with E-state index < -0.39 is 5.97 Å². The van der Waals surface area contributed by atoms with Gasteiger partial charge >= 0.3 is 5.97 Å². The van der Waals surface area contributed by atoms with Gasteiger partial charge in [-0.2, -0.15) is 5.06 Å². The standard InChI is InChI=1S/C14H15NO3S/c1-9(15(10(2)16)18-11(3)17)14-8-12-6-4-5-7-13(12)19-14/h4-9H,1-3H3. The van der Waals surface area contributed by atoms with Crippen LogP contribution in [0.3, 0.4) is 0 Å². The van der Waals surface area contributed by atoms with Gasteiger partial charge in [0.05, 0.1) is 0 Å². The van der Waals surface area contributed by atoms with Crippen molar-refractivity contribution in [3.63, 3.8) is 0 Å². The van der Waals surface area contributed by atoms with Gasteiger partial charge in [0.25, 0.3) is 5.91 Å². The van der Waals surface area contributed by atoms with E-state index in [0.29, 0.717) is 0 Å².